The Labute approximate surface area is 116 Å². The summed E-state index contributed by atoms with van der Waals surface area (Å²) in [6, 6.07) is 0. The first-order valence-electron chi connectivity index (χ1n) is 6.19. The summed E-state index contributed by atoms with van der Waals surface area (Å²) in [7, 11) is 0. The van der Waals surface area contributed by atoms with E-state index in [9.17, 15) is 0 Å². The van der Waals surface area contributed by atoms with Gasteiger partial charge in [-0.1, -0.05) is 13.8 Å². The summed E-state index contributed by atoms with van der Waals surface area (Å²) in [6.45, 7) is 8.35. The van der Waals surface area contributed by atoms with Crippen molar-refractivity contribution in [3.05, 3.63) is 20.3 Å². The highest BCUT2D eigenvalue weighted by Crippen LogP contribution is 2.33. The quantitative estimate of drug-likeness (QED) is 0.926. The van der Waals surface area contributed by atoms with Crippen LogP contribution in [0.3, 0.4) is 0 Å². The number of rotatable bonds is 4. The van der Waals surface area contributed by atoms with Gasteiger partial charge in [0.05, 0.1) is 10.5 Å². The largest absolute Gasteiger partial charge is 0.319 e. The molecular weight excluding hydrogens is 262 g/mol. The van der Waals surface area contributed by atoms with E-state index in [2.05, 4.69) is 31.1 Å². The monoisotopic (exact) mass is 281 g/mol. The van der Waals surface area contributed by atoms with Crippen LogP contribution >= 0.6 is 22.7 Å². The molecular formula is C13H19N3S2. The summed E-state index contributed by atoms with van der Waals surface area (Å²) in [5, 5.41) is 4.18. The van der Waals surface area contributed by atoms with Gasteiger partial charge in [-0.3, -0.25) is 0 Å². The van der Waals surface area contributed by atoms with Crippen LogP contribution in [0.15, 0.2) is 5.38 Å². The van der Waals surface area contributed by atoms with Gasteiger partial charge in [0, 0.05) is 10.3 Å². The van der Waals surface area contributed by atoms with Gasteiger partial charge >= 0.3 is 0 Å². The van der Waals surface area contributed by atoms with Crippen LogP contribution in [0.1, 0.15) is 41.6 Å². The van der Waals surface area contributed by atoms with Crippen molar-refractivity contribution in [1.82, 2.24) is 9.97 Å². The zero-order valence-corrected chi connectivity index (χ0v) is 12.9. The average Bonchev–Trinajstić information content (AvgIpc) is 2.95. The molecule has 0 aromatic carbocycles. The Morgan fingerprint density at radius 2 is 1.89 bits per heavy atom. The van der Waals surface area contributed by atoms with Crippen LogP contribution in [0, 0.1) is 13.8 Å². The summed E-state index contributed by atoms with van der Waals surface area (Å²) in [5.41, 5.74) is 8.07. The highest BCUT2D eigenvalue weighted by atomic mass is 32.1. The molecule has 2 heterocycles. The minimum absolute atomic E-state index is 0.290. The van der Waals surface area contributed by atoms with Crippen molar-refractivity contribution >= 4 is 22.7 Å². The highest BCUT2D eigenvalue weighted by molar-refractivity contribution is 7.12. The van der Waals surface area contributed by atoms with Gasteiger partial charge in [-0.2, -0.15) is 0 Å². The fourth-order valence-electron chi connectivity index (χ4n) is 1.93. The van der Waals surface area contributed by atoms with Crippen molar-refractivity contribution in [1.29, 1.82) is 0 Å². The van der Waals surface area contributed by atoms with Gasteiger partial charge in [0.25, 0.3) is 0 Å². The number of nitrogens with two attached hydrogens (primary N) is 1. The van der Waals surface area contributed by atoms with E-state index >= 15 is 0 Å². The Morgan fingerprint density at radius 1 is 1.22 bits per heavy atom. The Kier molecular flexibility index (Phi) is 3.84. The average molecular weight is 281 g/mol. The maximum Gasteiger partial charge on any atom is 0.113 e. The predicted molar refractivity (Wildman–Crippen MR) is 79.1 cm³/mol. The molecule has 0 amide bonds. The highest BCUT2D eigenvalue weighted by Gasteiger charge is 2.27. The molecule has 3 nitrogen and oxygen atoms in total. The zero-order valence-electron chi connectivity index (χ0n) is 11.3. The standard InChI is InChI=1S/C13H19N3S2/c1-5-13(14,6-2)12-16-10(7-17-12)11-8(3)18-9(4)15-11/h7H,5-6,14H2,1-4H3. The third-order valence-corrected chi connectivity index (χ3v) is 5.29. The molecule has 0 aliphatic heterocycles. The molecule has 2 aromatic heterocycles. The topological polar surface area (TPSA) is 51.8 Å². The summed E-state index contributed by atoms with van der Waals surface area (Å²) >= 11 is 3.36. The van der Waals surface area contributed by atoms with Crippen LogP contribution in [-0.2, 0) is 5.54 Å². The predicted octanol–water partition coefficient (Wildman–Crippen LogP) is 3.86. The third-order valence-electron chi connectivity index (χ3n) is 3.34. The van der Waals surface area contributed by atoms with E-state index in [4.69, 9.17) is 10.7 Å². The number of hydrogen-bond donors (Lipinski definition) is 1. The Balaban J connectivity index is 2.39. The number of hydrogen-bond acceptors (Lipinski definition) is 5. The molecule has 2 N–H and O–H groups in total. The lowest BCUT2D eigenvalue weighted by molar-refractivity contribution is 0.411. The minimum Gasteiger partial charge on any atom is -0.319 e. The minimum atomic E-state index is -0.290. The first kappa shape index (κ1) is 13.6. The number of aromatic nitrogens is 2. The number of aryl methyl sites for hydroxylation is 2. The maximum absolute atomic E-state index is 6.38. The van der Waals surface area contributed by atoms with E-state index < -0.39 is 0 Å². The van der Waals surface area contributed by atoms with E-state index in [1.54, 1.807) is 22.7 Å². The second kappa shape index (κ2) is 5.07. The normalized spacial score (nSPS) is 12.1. The zero-order chi connectivity index (χ0) is 13.3. The van der Waals surface area contributed by atoms with Gasteiger partial charge in [-0.15, -0.1) is 22.7 Å². The lowest BCUT2D eigenvalue weighted by Crippen LogP contribution is -2.34. The summed E-state index contributed by atoms with van der Waals surface area (Å²) in [6.07, 6.45) is 1.82. The van der Waals surface area contributed by atoms with Crippen LogP contribution in [-0.4, -0.2) is 9.97 Å². The first-order valence-corrected chi connectivity index (χ1v) is 7.89. The van der Waals surface area contributed by atoms with Crippen LogP contribution < -0.4 is 5.73 Å². The molecule has 2 aromatic rings. The van der Waals surface area contributed by atoms with Crippen molar-refractivity contribution in [3.8, 4) is 11.4 Å². The molecule has 0 bridgehead atoms. The maximum atomic E-state index is 6.38. The van der Waals surface area contributed by atoms with Gasteiger partial charge < -0.3 is 5.73 Å². The molecule has 0 aliphatic carbocycles. The lowest BCUT2D eigenvalue weighted by atomic mass is 9.95. The van der Waals surface area contributed by atoms with Crippen LogP contribution in [0.5, 0.6) is 0 Å². The molecule has 98 valence electrons. The molecule has 0 radical (unpaired) electrons. The van der Waals surface area contributed by atoms with Crippen LogP contribution in [0.25, 0.3) is 11.4 Å². The Morgan fingerprint density at radius 3 is 2.39 bits per heavy atom. The van der Waals surface area contributed by atoms with Crippen LogP contribution in [0.2, 0.25) is 0 Å². The van der Waals surface area contributed by atoms with Crippen molar-refractivity contribution in [2.45, 2.75) is 46.1 Å². The van der Waals surface area contributed by atoms with Gasteiger partial charge in [0.2, 0.25) is 0 Å². The van der Waals surface area contributed by atoms with Crippen molar-refractivity contribution < 1.29 is 0 Å². The smallest absolute Gasteiger partial charge is 0.113 e. The van der Waals surface area contributed by atoms with E-state index in [0.717, 1.165) is 34.2 Å². The van der Waals surface area contributed by atoms with E-state index in [-0.39, 0.29) is 5.54 Å². The number of nitrogens with zero attached hydrogens (tertiary/aromatic N) is 2. The Hall–Kier alpha value is -0.780. The van der Waals surface area contributed by atoms with E-state index in [1.807, 2.05) is 6.92 Å². The van der Waals surface area contributed by atoms with Gasteiger partial charge in [-0.25, -0.2) is 9.97 Å². The van der Waals surface area contributed by atoms with Crippen LogP contribution in [0.4, 0.5) is 0 Å². The molecule has 0 aliphatic rings. The SMILES string of the molecule is CCC(N)(CC)c1nc(-c2nc(C)sc2C)cs1. The van der Waals surface area contributed by atoms with Crippen molar-refractivity contribution in [3.63, 3.8) is 0 Å². The van der Waals surface area contributed by atoms with E-state index in [1.165, 1.54) is 4.88 Å². The fourth-order valence-corrected chi connectivity index (χ4v) is 3.82. The number of thiazole rings is 2. The molecule has 0 fully saturated rings. The molecule has 5 heteroatoms. The first-order chi connectivity index (χ1) is 8.50. The summed E-state index contributed by atoms with van der Waals surface area (Å²) in [4.78, 5) is 10.5. The lowest BCUT2D eigenvalue weighted by Gasteiger charge is -2.23. The van der Waals surface area contributed by atoms with Gasteiger partial charge in [0.1, 0.15) is 16.4 Å². The molecule has 18 heavy (non-hydrogen) atoms. The van der Waals surface area contributed by atoms with E-state index in [0.29, 0.717) is 0 Å². The van der Waals surface area contributed by atoms with Gasteiger partial charge in [0.15, 0.2) is 0 Å². The fraction of sp³-hybridized carbons (Fsp3) is 0.538. The third kappa shape index (κ3) is 2.35. The van der Waals surface area contributed by atoms with Crippen molar-refractivity contribution in [2.75, 3.05) is 0 Å². The second-order valence-electron chi connectivity index (χ2n) is 4.54. The molecule has 0 atom stereocenters. The van der Waals surface area contributed by atoms with Gasteiger partial charge in [-0.05, 0) is 26.7 Å². The van der Waals surface area contributed by atoms with Crippen molar-refractivity contribution in [2.24, 2.45) is 5.73 Å². The molecule has 0 unspecified atom stereocenters. The molecule has 2 rings (SSSR count). The summed E-state index contributed by atoms with van der Waals surface area (Å²) < 4.78 is 0. The molecule has 0 saturated carbocycles. The molecule has 0 saturated heterocycles. The Bertz CT molecular complexity index is 538. The second-order valence-corrected chi connectivity index (χ2v) is 6.80. The summed E-state index contributed by atoms with van der Waals surface area (Å²) in [5.74, 6) is 0. The molecule has 0 spiro atoms.